The summed E-state index contributed by atoms with van der Waals surface area (Å²) in [5.74, 6) is -0.0808. The molecule has 2 aromatic carbocycles. The van der Waals surface area contributed by atoms with Crippen LogP contribution >= 0.6 is 11.6 Å². The number of nitrogens with zero attached hydrogens (tertiary/aromatic N) is 2. The molecule has 0 radical (unpaired) electrons. The monoisotopic (exact) mass is 345 g/mol. The van der Waals surface area contributed by atoms with Gasteiger partial charge in [-0.15, -0.1) is 0 Å². The first-order valence-electron chi connectivity index (χ1n) is 7.92. The molecule has 0 bridgehead atoms. The molecule has 0 heterocycles. The third kappa shape index (κ3) is 4.01. The number of nitrogen functional groups attached to an aromatic ring is 1. The molecule has 0 spiro atoms. The second-order valence-electron chi connectivity index (χ2n) is 6.29. The Bertz CT molecular complexity index is 728. The first-order valence-corrected chi connectivity index (χ1v) is 8.30. The van der Waals surface area contributed by atoms with Gasteiger partial charge < -0.3 is 15.5 Å². The zero-order chi connectivity index (χ0) is 17.9. The van der Waals surface area contributed by atoms with Gasteiger partial charge in [0.2, 0.25) is 0 Å². The van der Waals surface area contributed by atoms with E-state index in [0.29, 0.717) is 22.8 Å². The summed E-state index contributed by atoms with van der Waals surface area (Å²) in [5, 5.41) is 0.466. The van der Waals surface area contributed by atoms with Crippen molar-refractivity contribution in [3.8, 4) is 0 Å². The van der Waals surface area contributed by atoms with Crippen molar-refractivity contribution in [1.82, 2.24) is 4.90 Å². The summed E-state index contributed by atoms with van der Waals surface area (Å²) in [6.45, 7) is 4.47. The van der Waals surface area contributed by atoms with Crippen LogP contribution < -0.4 is 10.6 Å². The molecule has 2 N–H and O–H groups in total. The Morgan fingerprint density at radius 3 is 2.42 bits per heavy atom. The van der Waals surface area contributed by atoms with Crippen LogP contribution in [0.4, 0.5) is 11.4 Å². The minimum absolute atomic E-state index is 0.0326. The third-order valence-corrected chi connectivity index (χ3v) is 4.24. The molecular weight excluding hydrogens is 322 g/mol. The Balaban J connectivity index is 2.38. The zero-order valence-corrected chi connectivity index (χ0v) is 15.3. The Kier molecular flexibility index (Phi) is 5.73. The second-order valence-corrected chi connectivity index (χ2v) is 6.70. The predicted molar refractivity (Wildman–Crippen MR) is 102 cm³/mol. The van der Waals surface area contributed by atoms with Crippen molar-refractivity contribution in [2.75, 3.05) is 24.7 Å². The Labute approximate surface area is 148 Å². The molecule has 0 saturated heterocycles. The number of halogens is 1. The molecule has 4 nitrogen and oxygen atoms in total. The average Bonchev–Trinajstić information content (AvgIpc) is 2.52. The van der Waals surface area contributed by atoms with E-state index >= 15 is 0 Å². The number of rotatable bonds is 5. The second kappa shape index (κ2) is 7.58. The highest BCUT2D eigenvalue weighted by Gasteiger charge is 2.22. The molecule has 0 unspecified atom stereocenters. The quantitative estimate of drug-likeness (QED) is 0.832. The maximum absolute atomic E-state index is 13.0. The van der Waals surface area contributed by atoms with Crippen LogP contribution in [-0.2, 0) is 6.54 Å². The molecule has 0 fully saturated rings. The van der Waals surface area contributed by atoms with Crippen LogP contribution in [0.1, 0.15) is 29.8 Å². The lowest BCUT2D eigenvalue weighted by Gasteiger charge is -2.29. The van der Waals surface area contributed by atoms with Crippen molar-refractivity contribution in [2.45, 2.75) is 26.4 Å². The largest absolute Gasteiger partial charge is 0.399 e. The van der Waals surface area contributed by atoms with Crippen LogP contribution in [0, 0.1) is 0 Å². The number of hydrogen-bond acceptors (Lipinski definition) is 3. The molecule has 0 aliphatic heterocycles. The highest BCUT2D eigenvalue weighted by Crippen LogP contribution is 2.26. The predicted octanol–water partition coefficient (Wildman–Crippen LogP) is 4.04. The lowest BCUT2D eigenvalue weighted by atomic mass is 10.1. The van der Waals surface area contributed by atoms with Gasteiger partial charge in [0.1, 0.15) is 0 Å². The van der Waals surface area contributed by atoms with Gasteiger partial charge in [-0.3, -0.25) is 4.79 Å². The van der Waals surface area contributed by atoms with E-state index in [4.69, 9.17) is 17.3 Å². The summed E-state index contributed by atoms with van der Waals surface area (Å²) in [4.78, 5) is 16.8. The third-order valence-electron chi connectivity index (χ3n) is 3.91. The van der Waals surface area contributed by atoms with Gasteiger partial charge in [-0.25, -0.2) is 0 Å². The van der Waals surface area contributed by atoms with Crippen molar-refractivity contribution < 1.29 is 4.79 Å². The Morgan fingerprint density at radius 2 is 1.83 bits per heavy atom. The van der Waals surface area contributed by atoms with E-state index in [2.05, 4.69) is 0 Å². The summed E-state index contributed by atoms with van der Waals surface area (Å²) < 4.78 is 0. The van der Waals surface area contributed by atoms with Crippen LogP contribution in [0.5, 0.6) is 0 Å². The molecule has 1 amide bonds. The van der Waals surface area contributed by atoms with Crippen LogP contribution in [0.3, 0.4) is 0 Å². The topological polar surface area (TPSA) is 49.6 Å². The first-order chi connectivity index (χ1) is 11.3. The van der Waals surface area contributed by atoms with E-state index in [1.807, 2.05) is 68.1 Å². The van der Waals surface area contributed by atoms with Gasteiger partial charge in [-0.05, 0) is 49.7 Å². The summed E-state index contributed by atoms with van der Waals surface area (Å²) in [6.07, 6.45) is 0. The highest BCUT2D eigenvalue weighted by molar-refractivity contribution is 6.33. The summed E-state index contributed by atoms with van der Waals surface area (Å²) >= 11 is 6.20. The SMILES string of the molecule is CC(C)N(Cc1cc(N)ccc1N(C)C)C(=O)c1ccccc1Cl. The molecule has 2 aromatic rings. The summed E-state index contributed by atoms with van der Waals surface area (Å²) in [7, 11) is 3.95. The minimum Gasteiger partial charge on any atom is -0.399 e. The molecule has 0 aromatic heterocycles. The molecule has 128 valence electrons. The number of carbonyl (C=O) groups excluding carboxylic acids is 1. The fraction of sp³-hybridized carbons (Fsp3) is 0.316. The molecule has 0 aliphatic rings. The van der Waals surface area contributed by atoms with Crippen molar-refractivity contribution in [3.05, 3.63) is 58.6 Å². The molecule has 24 heavy (non-hydrogen) atoms. The smallest absolute Gasteiger partial charge is 0.255 e. The fourth-order valence-corrected chi connectivity index (χ4v) is 2.85. The van der Waals surface area contributed by atoms with E-state index in [1.54, 1.807) is 12.1 Å². The zero-order valence-electron chi connectivity index (χ0n) is 14.6. The van der Waals surface area contributed by atoms with Gasteiger partial charge in [0.15, 0.2) is 0 Å². The van der Waals surface area contributed by atoms with E-state index in [9.17, 15) is 4.79 Å². The van der Waals surface area contributed by atoms with Crippen molar-refractivity contribution in [3.63, 3.8) is 0 Å². The molecular formula is C19H24ClN3O. The summed E-state index contributed by atoms with van der Waals surface area (Å²) in [5.41, 5.74) is 9.20. The number of hydrogen-bond donors (Lipinski definition) is 1. The molecule has 0 atom stereocenters. The van der Waals surface area contributed by atoms with Crippen LogP contribution in [-0.4, -0.2) is 30.9 Å². The number of anilines is 2. The number of amides is 1. The average molecular weight is 346 g/mol. The number of carbonyl (C=O) groups is 1. The number of benzene rings is 2. The van der Waals surface area contributed by atoms with Gasteiger partial charge in [-0.1, -0.05) is 23.7 Å². The van der Waals surface area contributed by atoms with Gasteiger partial charge >= 0.3 is 0 Å². The molecule has 0 aliphatic carbocycles. The van der Waals surface area contributed by atoms with E-state index in [1.165, 1.54) is 0 Å². The molecule has 2 rings (SSSR count). The van der Waals surface area contributed by atoms with E-state index < -0.39 is 0 Å². The molecule has 0 saturated carbocycles. The van der Waals surface area contributed by atoms with Gasteiger partial charge in [-0.2, -0.15) is 0 Å². The normalized spacial score (nSPS) is 10.8. The lowest BCUT2D eigenvalue weighted by Crippen LogP contribution is -2.37. The van der Waals surface area contributed by atoms with Crippen molar-refractivity contribution in [2.24, 2.45) is 0 Å². The van der Waals surface area contributed by atoms with E-state index in [-0.39, 0.29) is 11.9 Å². The standard InChI is InChI=1S/C19H24ClN3O/c1-13(2)23(19(24)16-7-5-6-8-17(16)20)12-14-11-15(21)9-10-18(14)22(3)4/h5-11,13H,12,21H2,1-4H3. The van der Waals surface area contributed by atoms with Crippen molar-refractivity contribution >= 4 is 28.9 Å². The van der Waals surface area contributed by atoms with Gasteiger partial charge in [0, 0.05) is 38.1 Å². The fourth-order valence-electron chi connectivity index (χ4n) is 2.63. The number of nitrogens with two attached hydrogens (primary N) is 1. The van der Waals surface area contributed by atoms with Crippen LogP contribution in [0.2, 0.25) is 5.02 Å². The van der Waals surface area contributed by atoms with Crippen molar-refractivity contribution in [1.29, 1.82) is 0 Å². The maximum atomic E-state index is 13.0. The summed E-state index contributed by atoms with van der Waals surface area (Å²) in [6, 6.07) is 12.9. The Hall–Kier alpha value is -2.20. The Morgan fingerprint density at radius 1 is 1.17 bits per heavy atom. The van der Waals surface area contributed by atoms with E-state index in [0.717, 1.165) is 11.3 Å². The first kappa shape index (κ1) is 18.1. The minimum atomic E-state index is -0.0808. The van der Waals surface area contributed by atoms with Gasteiger partial charge in [0.25, 0.3) is 5.91 Å². The maximum Gasteiger partial charge on any atom is 0.255 e. The van der Waals surface area contributed by atoms with Crippen LogP contribution in [0.15, 0.2) is 42.5 Å². The van der Waals surface area contributed by atoms with Gasteiger partial charge in [0.05, 0.1) is 10.6 Å². The lowest BCUT2D eigenvalue weighted by molar-refractivity contribution is 0.0691. The molecule has 5 heteroatoms. The van der Waals surface area contributed by atoms with Crippen LogP contribution in [0.25, 0.3) is 0 Å². The highest BCUT2D eigenvalue weighted by atomic mass is 35.5.